The van der Waals surface area contributed by atoms with Crippen molar-refractivity contribution in [3.05, 3.63) is 64.7 Å². The van der Waals surface area contributed by atoms with E-state index in [9.17, 15) is 9.59 Å². The van der Waals surface area contributed by atoms with Crippen molar-refractivity contribution in [2.75, 3.05) is 12.3 Å². The molecule has 2 rings (SSSR count). The van der Waals surface area contributed by atoms with Gasteiger partial charge in [-0.15, -0.1) is 11.8 Å². The van der Waals surface area contributed by atoms with Crippen molar-refractivity contribution in [1.29, 1.82) is 0 Å². The lowest BCUT2D eigenvalue weighted by molar-refractivity contribution is -0.139. The van der Waals surface area contributed by atoms with Gasteiger partial charge in [-0.1, -0.05) is 42.8 Å². The Hall–Kier alpha value is -1.98. The van der Waals surface area contributed by atoms with Crippen LogP contribution in [0.25, 0.3) is 0 Å². The van der Waals surface area contributed by atoms with Gasteiger partial charge in [-0.25, -0.2) is 0 Å². The Kier molecular flexibility index (Phi) is 8.87. The summed E-state index contributed by atoms with van der Waals surface area (Å²) in [7, 11) is 0. The maximum atomic E-state index is 13.1. The summed E-state index contributed by atoms with van der Waals surface area (Å²) in [6, 6.07) is 14.9. The van der Waals surface area contributed by atoms with Crippen LogP contribution < -0.4 is 5.32 Å². The molecule has 6 heteroatoms. The molecule has 0 aliphatic carbocycles. The molecular formula is C22H27ClN2O2S. The summed E-state index contributed by atoms with van der Waals surface area (Å²) in [4.78, 5) is 28.4. The van der Waals surface area contributed by atoms with E-state index < -0.39 is 6.04 Å². The number of hydrogen-bond donors (Lipinski definition) is 1. The maximum Gasteiger partial charge on any atom is 0.242 e. The lowest BCUT2D eigenvalue weighted by Crippen LogP contribution is -2.49. The first-order valence-corrected chi connectivity index (χ1v) is 10.8. The molecule has 0 saturated heterocycles. The Morgan fingerprint density at radius 1 is 1.11 bits per heavy atom. The third kappa shape index (κ3) is 6.28. The molecule has 28 heavy (non-hydrogen) atoms. The molecule has 2 aromatic carbocycles. The highest BCUT2D eigenvalue weighted by molar-refractivity contribution is 8.00. The summed E-state index contributed by atoms with van der Waals surface area (Å²) < 4.78 is 0. The van der Waals surface area contributed by atoms with Crippen molar-refractivity contribution in [3.63, 3.8) is 0 Å². The van der Waals surface area contributed by atoms with Crippen molar-refractivity contribution in [1.82, 2.24) is 10.2 Å². The van der Waals surface area contributed by atoms with Gasteiger partial charge < -0.3 is 10.2 Å². The highest BCUT2D eigenvalue weighted by Gasteiger charge is 2.28. The third-order valence-corrected chi connectivity index (χ3v) is 5.76. The number of nitrogens with zero attached hydrogens (tertiary/aromatic N) is 1. The van der Waals surface area contributed by atoms with Crippen LogP contribution in [0.3, 0.4) is 0 Å². The van der Waals surface area contributed by atoms with E-state index in [-0.39, 0.29) is 17.6 Å². The average molecular weight is 419 g/mol. The van der Waals surface area contributed by atoms with Crippen LogP contribution in [0.1, 0.15) is 31.4 Å². The van der Waals surface area contributed by atoms with Crippen molar-refractivity contribution in [3.8, 4) is 0 Å². The SMILES string of the molecule is CCNC(=O)[C@H](CC)N(Cc1ccccc1C)C(=O)CSc1ccc(Cl)cc1. The monoisotopic (exact) mass is 418 g/mol. The minimum absolute atomic E-state index is 0.0543. The second-order valence-electron chi connectivity index (χ2n) is 6.51. The number of likely N-dealkylation sites (N-methyl/N-ethyl adjacent to an activating group) is 1. The summed E-state index contributed by atoms with van der Waals surface area (Å²) in [5.41, 5.74) is 2.16. The maximum absolute atomic E-state index is 13.1. The highest BCUT2D eigenvalue weighted by Crippen LogP contribution is 2.22. The molecule has 0 saturated carbocycles. The fraction of sp³-hybridized carbons (Fsp3) is 0.364. The molecule has 0 aromatic heterocycles. The first kappa shape index (κ1) is 22.3. The van der Waals surface area contributed by atoms with Gasteiger partial charge in [0.15, 0.2) is 0 Å². The van der Waals surface area contributed by atoms with Gasteiger partial charge in [0.2, 0.25) is 11.8 Å². The number of halogens is 1. The van der Waals surface area contributed by atoms with E-state index in [4.69, 9.17) is 11.6 Å². The van der Waals surface area contributed by atoms with E-state index in [1.54, 1.807) is 4.90 Å². The number of thioether (sulfide) groups is 1. The number of carbonyl (C=O) groups is 2. The molecule has 1 N–H and O–H groups in total. The summed E-state index contributed by atoms with van der Waals surface area (Å²) in [6.07, 6.45) is 0.565. The number of benzene rings is 2. The summed E-state index contributed by atoms with van der Waals surface area (Å²) in [6.45, 7) is 6.80. The van der Waals surface area contributed by atoms with Crippen LogP contribution in [0, 0.1) is 6.92 Å². The van der Waals surface area contributed by atoms with Crippen LogP contribution in [-0.2, 0) is 16.1 Å². The molecule has 0 unspecified atom stereocenters. The van der Waals surface area contributed by atoms with Gasteiger partial charge in [-0.05, 0) is 55.7 Å². The minimum Gasteiger partial charge on any atom is -0.355 e. The number of rotatable bonds is 9. The first-order valence-electron chi connectivity index (χ1n) is 9.46. The quantitative estimate of drug-likeness (QED) is 0.601. The fourth-order valence-electron chi connectivity index (χ4n) is 2.94. The number of aryl methyl sites for hydroxylation is 1. The van der Waals surface area contributed by atoms with Crippen LogP contribution in [0.4, 0.5) is 0 Å². The molecular weight excluding hydrogens is 392 g/mol. The molecule has 0 spiro atoms. The van der Waals surface area contributed by atoms with Crippen molar-refractivity contribution >= 4 is 35.2 Å². The van der Waals surface area contributed by atoms with Crippen LogP contribution in [0.15, 0.2) is 53.4 Å². The van der Waals surface area contributed by atoms with Gasteiger partial charge in [0.05, 0.1) is 5.75 Å². The Morgan fingerprint density at radius 2 is 1.79 bits per heavy atom. The minimum atomic E-state index is -0.488. The standard InChI is InChI=1S/C22H27ClN2O2S/c1-4-20(22(27)24-5-2)25(14-17-9-7-6-8-16(17)3)21(26)15-28-19-12-10-18(23)11-13-19/h6-13,20H,4-5,14-15H2,1-3H3,(H,24,27)/t20-/m0/s1. The molecule has 0 fully saturated rings. The third-order valence-electron chi connectivity index (χ3n) is 4.51. The fourth-order valence-corrected chi connectivity index (χ4v) is 3.85. The molecule has 0 radical (unpaired) electrons. The van der Waals surface area contributed by atoms with Crippen molar-refractivity contribution in [2.24, 2.45) is 0 Å². The van der Waals surface area contributed by atoms with E-state index in [1.807, 2.05) is 69.3 Å². The van der Waals surface area contributed by atoms with Gasteiger partial charge in [0.25, 0.3) is 0 Å². The molecule has 1 atom stereocenters. The molecule has 2 amide bonds. The van der Waals surface area contributed by atoms with Gasteiger partial charge in [-0.3, -0.25) is 9.59 Å². The molecule has 0 aliphatic rings. The average Bonchev–Trinajstić information content (AvgIpc) is 2.69. The largest absolute Gasteiger partial charge is 0.355 e. The van der Waals surface area contributed by atoms with Crippen LogP contribution in [0.5, 0.6) is 0 Å². The van der Waals surface area contributed by atoms with Gasteiger partial charge in [0.1, 0.15) is 6.04 Å². The number of amides is 2. The van der Waals surface area contributed by atoms with Crippen LogP contribution in [-0.4, -0.2) is 35.1 Å². The normalized spacial score (nSPS) is 11.7. The second-order valence-corrected chi connectivity index (χ2v) is 7.99. The predicted octanol–water partition coefficient (Wildman–Crippen LogP) is 4.68. The van der Waals surface area contributed by atoms with E-state index in [0.717, 1.165) is 16.0 Å². The molecule has 150 valence electrons. The summed E-state index contributed by atoms with van der Waals surface area (Å²) in [5, 5.41) is 3.52. The zero-order valence-corrected chi connectivity index (χ0v) is 18.1. The Balaban J connectivity index is 2.20. The molecule has 2 aromatic rings. The van der Waals surface area contributed by atoms with E-state index >= 15 is 0 Å². The zero-order chi connectivity index (χ0) is 20.5. The topological polar surface area (TPSA) is 49.4 Å². The van der Waals surface area contributed by atoms with E-state index in [0.29, 0.717) is 24.5 Å². The van der Waals surface area contributed by atoms with Crippen molar-refractivity contribution < 1.29 is 9.59 Å². The lowest BCUT2D eigenvalue weighted by Gasteiger charge is -2.31. The zero-order valence-electron chi connectivity index (χ0n) is 16.6. The van der Waals surface area contributed by atoms with Crippen LogP contribution >= 0.6 is 23.4 Å². The smallest absolute Gasteiger partial charge is 0.242 e. The highest BCUT2D eigenvalue weighted by atomic mass is 35.5. The number of nitrogens with one attached hydrogen (secondary N) is 1. The molecule has 4 nitrogen and oxygen atoms in total. The van der Waals surface area contributed by atoms with Gasteiger partial charge >= 0.3 is 0 Å². The second kappa shape index (κ2) is 11.1. The molecule has 0 heterocycles. The number of hydrogen-bond acceptors (Lipinski definition) is 3. The van der Waals surface area contributed by atoms with Gasteiger partial charge in [-0.2, -0.15) is 0 Å². The Morgan fingerprint density at radius 3 is 2.39 bits per heavy atom. The van der Waals surface area contributed by atoms with Crippen LogP contribution in [0.2, 0.25) is 5.02 Å². The summed E-state index contributed by atoms with van der Waals surface area (Å²) >= 11 is 7.38. The Bertz CT molecular complexity index is 795. The molecule has 0 bridgehead atoms. The number of carbonyl (C=O) groups excluding carboxylic acids is 2. The van der Waals surface area contributed by atoms with E-state index in [2.05, 4.69) is 5.32 Å². The molecule has 0 aliphatic heterocycles. The lowest BCUT2D eigenvalue weighted by atomic mass is 10.1. The van der Waals surface area contributed by atoms with Crippen molar-refractivity contribution in [2.45, 2.75) is 44.7 Å². The Labute approximate surface area is 176 Å². The summed E-state index contributed by atoms with van der Waals surface area (Å²) in [5.74, 6) is 0.105. The van der Waals surface area contributed by atoms with Gasteiger partial charge in [0, 0.05) is 23.0 Å². The van der Waals surface area contributed by atoms with E-state index in [1.165, 1.54) is 11.8 Å². The first-order chi connectivity index (χ1) is 13.5. The predicted molar refractivity (Wildman–Crippen MR) is 117 cm³/mol.